The van der Waals surface area contributed by atoms with Gasteiger partial charge in [-0.15, -0.1) is 10.2 Å². The molecule has 8 heteroatoms. The molecule has 0 saturated carbocycles. The number of β-amino-alcohol motifs (C(OH)–C–C–N with tert-alkyl or cyclic N) is 1. The zero-order valence-corrected chi connectivity index (χ0v) is 15.0. The molecule has 0 aliphatic carbocycles. The van der Waals surface area contributed by atoms with E-state index in [9.17, 15) is 15.0 Å². The number of carbonyl (C=O) groups is 1. The molecule has 7 nitrogen and oxygen atoms in total. The number of aromatic nitrogens is 2. The zero-order valence-electron chi connectivity index (χ0n) is 14.2. The average molecular weight is 362 g/mol. The van der Waals surface area contributed by atoms with E-state index in [0.717, 1.165) is 10.6 Å². The first-order valence-corrected chi connectivity index (χ1v) is 8.99. The fourth-order valence-corrected chi connectivity index (χ4v) is 3.84. The Morgan fingerprint density at radius 1 is 1.36 bits per heavy atom. The monoisotopic (exact) mass is 362 g/mol. The molecule has 1 aromatic carbocycles. The molecule has 2 atom stereocenters. The first-order valence-electron chi connectivity index (χ1n) is 8.18. The molecule has 1 aliphatic heterocycles. The van der Waals surface area contributed by atoms with E-state index >= 15 is 0 Å². The summed E-state index contributed by atoms with van der Waals surface area (Å²) in [6, 6.07) is 9.25. The maximum absolute atomic E-state index is 12.4. The number of hydrogen-bond donors (Lipinski definition) is 3. The van der Waals surface area contributed by atoms with Gasteiger partial charge in [0.1, 0.15) is 5.01 Å². The number of nitrogens with zero attached hydrogens (tertiary/aromatic N) is 3. The molecule has 0 unspecified atom stereocenters. The Hall–Kier alpha value is -2.03. The minimum absolute atomic E-state index is 0.174. The third kappa shape index (κ3) is 3.65. The van der Waals surface area contributed by atoms with Gasteiger partial charge < -0.3 is 15.1 Å². The number of rotatable bonds is 4. The minimum atomic E-state index is -0.607. The highest BCUT2D eigenvalue weighted by Gasteiger charge is 2.34. The van der Waals surface area contributed by atoms with Crippen LogP contribution in [0.3, 0.4) is 0 Å². The van der Waals surface area contributed by atoms with E-state index in [-0.39, 0.29) is 30.6 Å². The molecule has 2 amide bonds. The van der Waals surface area contributed by atoms with Crippen LogP contribution < -0.4 is 5.32 Å². The quantitative estimate of drug-likeness (QED) is 0.771. The van der Waals surface area contributed by atoms with Crippen molar-refractivity contribution in [1.29, 1.82) is 0 Å². The van der Waals surface area contributed by atoms with Crippen LogP contribution in [0.15, 0.2) is 30.3 Å². The molecule has 1 aromatic heterocycles. The van der Waals surface area contributed by atoms with Gasteiger partial charge in [0.05, 0.1) is 18.8 Å². The Morgan fingerprint density at radius 2 is 2.08 bits per heavy atom. The summed E-state index contributed by atoms with van der Waals surface area (Å²) >= 11 is 1.33. The largest absolute Gasteiger partial charge is 0.394 e. The third-order valence-electron chi connectivity index (χ3n) is 4.53. The van der Waals surface area contributed by atoms with Crippen molar-refractivity contribution in [3.8, 4) is 0 Å². The van der Waals surface area contributed by atoms with Crippen molar-refractivity contribution in [2.45, 2.75) is 37.8 Å². The predicted molar refractivity (Wildman–Crippen MR) is 95.7 cm³/mol. The smallest absolute Gasteiger partial charge is 0.324 e. The van der Waals surface area contributed by atoms with Gasteiger partial charge in [0.15, 0.2) is 0 Å². The molecule has 1 saturated heterocycles. The minimum Gasteiger partial charge on any atom is -0.394 e. The van der Waals surface area contributed by atoms with Gasteiger partial charge in [-0.25, -0.2) is 4.79 Å². The van der Waals surface area contributed by atoms with Crippen molar-refractivity contribution >= 4 is 22.5 Å². The Bertz CT molecular complexity index is 735. The average Bonchev–Trinajstić information content (AvgIpc) is 3.22. The lowest BCUT2D eigenvalue weighted by Gasteiger charge is -2.22. The number of aliphatic hydroxyl groups is 2. The van der Waals surface area contributed by atoms with Gasteiger partial charge in [0.25, 0.3) is 0 Å². The van der Waals surface area contributed by atoms with Gasteiger partial charge in [-0.05, 0) is 25.8 Å². The number of amides is 2. The molecule has 2 heterocycles. The van der Waals surface area contributed by atoms with Crippen molar-refractivity contribution in [2.24, 2.45) is 0 Å². The standard InChI is InChI=1S/C17H22N4O3S/c1-17(2,11-6-4-3-5-7-11)14-19-20-15(25-14)18-16(24)21-9-13(23)8-12(21)10-22/h3-7,12-13,22-23H,8-10H2,1-2H3,(H,18,20,24)/t12-,13-/m0/s1. The van der Waals surface area contributed by atoms with Crippen LogP contribution in [0, 0.1) is 0 Å². The van der Waals surface area contributed by atoms with Crippen LogP contribution in [0.2, 0.25) is 0 Å². The van der Waals surface area contributed by atoms with Crippen molar-refractivity contribution < 1.29 is 15.0 Å². The van der Waals surface area contributed by atoms with Crippen LogP contribution >= 0.6 is 11.3 Å². The number of anilines is 1. The molecule has 0 spiro atoms. The number of likely N-dealkylation sites (tertiary alicyclic amines) is 1. The van der Waals surface area contributed by atoms with E-state index in [0.29, 0.717) is 11.6 Å². The molecule has 0 bridgehead atoms. The summed E-state index contributed by atoms with van der Waals surface area (Å²) in [7, 11) is 0. The SMILES string of the molecule is CC(C)(c1ccccc1)c1nnc(NC(=O)N2C[C@@H](O)C[C@H]2CO)s1. The first-order chi connectivity index (χ1) is 11.9. The van der Waals surface area contributed by atoms with Crippen LogP contribution in [0.25, 0.3) is 0 Å². The summed E-state index contributed by atoms with van der Waals surface area (Å²) < 4.78 is 0. The molecule has 1 fully saturated rings. The lowest BCUT2D eigenvalue weighted by Crippen LogP contribution is -2.40. The maximum Gasteiger partial charge on any atom is 0.324 e. The van der Waals surface area contributed by atoms with E-state index in [1.807, 2.05) is 30.3 Å². The highest BCUT2D eigenvalue weighted by molar-refractivity contribution is 7.15. The summed E-state index contributed by atoms with van der Waals surface area (Å²) in [5, 5.41) is 31.3. The molecular formula is C17H22N4O3S. The van der Waals surface area contributed by atoms with Crippen LogP contribution in [0.4, 0.5) is 9.93 Å². The second-order valence-corrected chi connectivity index (χ2v) is 7.69. The molecule has 3 rings (SSSR count). The number of hydrogen-bond acceptors (Lipinski definition) is 6. The van der Waals surface area contributed by atoms with Gasteiger partial charge >= 0.3 is 6.03 Å². The highest BCUT2D eigenvalue weighted by atomic mass is 32.1. The van der Waals surface area contributed by atoms with Gasteiger partial charge in [-0.1, -0.05) is 41.7 Å². The van der Waals surface area contributed by atoms with Gasteiger partial charge in [-0.2, -0.15) is 0 Å². The topological polar surface area (TPSA) is 98.6 Å². The predicted octanol–water partition coefficient (Wildman–Crippen LogP) is 1.82. The van der Waals surface area contributed by atoms with E-state index < -0.39 is 6.10 Å². The Labute approximate surface area is 150 Å². The van der Waals surface area contributed by atoms with E-state index in [4.69, 9.17) is 0 Å². The molecule has 3 N–H and O–H groups in total. The Balaban J connectivity index is 1.73. The van der Waals surface area contributed by atoms with Gasteiger partial charge in [0.2, 0.25) is 5.13 Å². The normalized spacial score (nSPS) is 20.7. The van der Waals surface area contributed by atoms with Gasteiger partial charge in [-0.3, -0.25) is 5.32 Å². The summed E-state index contributed by atoms with van der Waals surface area (Å²) in [5.41, 5.74) is 0.798. The molecule has 1 aliphatic rings. The lowest BCUT2D eigenvalue weighted by molar-refractivity contribution is 0.164. The third-order valence-corrected chi connectivity index (χ3v) is 5.70. The molecule has 2 aromatic rings. The van der Waals surface area contributed by atoms with Crippen LogP contribution in [-0.4, -0.2) is 56.6 Å². The Kier molecular flexibility index (Phi) is 5.03. The number of carbonyl (C=O) groups excluding carboxylic acids is 1. The zero-order chi connectivity index (χ0) is 18.0. The summed E-state index contributed by atoms with van der Waals surface area (Å²) in [6.45, 7) is 4.16. The first kappa shape index (κ1) is 17.8. The fourth-order valence-electron chi connectivity index (χ4n) is 2.98. The second kappa shape index (κ2) is 7.07. The van der Waals surface area contributed by atoms with Crippen LogP contribution in [0.5, 0.6) is 0 Å². The molecule has 0 radical (unpaired) electrons. The van der Waals surface area contributed by atoms with E-state index in [1.165, 1.54) is 16.2 Å². The molecular weight excluding hydrogens is 340 g/mol. The van der Waals surface area contributed by atoms with Crippen molar-refractivity contribution in [2.75, 3.05) is 18.5 Å². The van der Waals surface area contributed by atoms with E-state index in [2.05, 4.69) is 29.4 Å². The number of benzene rings is 1. The van der Waals surface area contributed by atoms with Crippen molar-refractivity contribution in [3.63, 3.8) is 0 Å². The second-order valence-electron chi connectivity index (χ2n) is 6.71. The van der Waals surface area contributed by atoms with Crippen molar-refractivity contribution in [1.82, 2.24) is 15.1 Å². The fraction of sp³-hybridized carbons (Fsp3) is 0.471. The van der Waals surface area contributed by atoms with Crippen LogP contribution in [-0.2, 0) is 5.41 Å². The highest BCUT2D eigenvalue weighted by Crippen LogP contribution is 2.34. The molecule has 134 valence electrons. The maximum atomic E-state index is 12.4. The number of aliphatic hydroxyl groups excluding tert-OH is 2. The molecule has 25 heavy (non-hydrogen) atoms. The van der Waals surface area contributed by atoms with Gasteiger partial charge in [0, 0.05) is 12.0 Å². The van der Waals surface area contributed by atoms with Crippen molar-refractivity contribution in [3.05, 3.63) is 40.9 Å². The summed E-state index contributed by atoms with van der Waals surface area (Å²) in [6.07, 6.45) is -0.225. The number of urea groups is 1. The summed E-state index contributed by atoms with van der Waals surface area (Å²) in [5.74, 6) is 0. The van der Waals surface area contributed by atoms with E-state index in [1.54, 1.807) is 0 Å². The Morgan fingerprint density at radius 3 is 2.76 bits per heavy atom. The number of nitrogens with one attached hydrogen (secondary N) is 1. The summed E-state index contributed by atoms with van der Waals surface area (Å²) in [4.78, 5) is 13.8. The lowest BCUT2D eigenvalue weighted by atomic mass is 9.85. The van der Waals surface area contributed by atoms with Crippen LogP contribution in [0.1, 0.15) is 30.8 Å².